The van der Waals surface area contributed by atoms with Crippen LogP contribution in [0.1, 0.15) is 29.5 Å². The molecule has 1 heterocycles. The number of halogens is 3. The Morgan fingerprint density at radius 1 is 0.915 bits per heavy atom. The zero-order valence-corrected chi connectivity index (χ0v) is 27.4. The Kier molecular flexibility index (Phi) is 14.2. The highest BCUT2D eigenvalue weighted by Gasteiger charge is 2.32. The summed E-state index contributed by atoms with van der Waals surface area (Å²) in [4.78, 5) is 44.7. The topological polar surface area (TPSA) is 166 Å². The molecule has 3 rings (SSSR count). The number of nitrogens with zero attached hydrogens (tertiary/aromatic N) is 2. The molecule has 0 saturated heterocycles. The Morgan fingerprint density at radius 2 is 1.55 bits per heavy atom. The van der Waals surface area contributed by atoms with Crippen molar-refractivity contribution in [3.63, 3.8) is 0 Å². The van der Waals surface area contributed by atoms with Crippen molar-refractivity contribution in [2.45, 2.75) is 50.0 Å². The number of benzene rings is 2. The highest BCUT2D eigenvalue weighted by atomic mass is 32.1. The van der Waals surface area contributed by atoms with Crippen LogP contribution in [0.25, 0.3) is 10.9 Å². The van der Waals surface area contributed by atoms with E-state index in [9.17, 15) is 27.6 Å². The molecule has 3 atom stereocenters. The number of Topliss-reactive ketones (excluding diaryl/α,β-unsaturated/α-hetero) is 1. The van der Waals surface area contributed by atoms with E-state index in [1.54, 1.807) is 6.20 Å². The number of amides is 2. The summed E-state index contributed by atoms with van der Waals surface area (Å²) in [6, 6.07) is 10.6. The van der Waals surface area contributed by atoms with E-state index >= 15 is 0 Å². The molecule has 10 nitrogen and oxygen atoms in total. The first-order valence-corrected chi connectivity index (χ1v) is 16.1. The van der Waals surface area contributed by atoms with Crippen LogP contribution in [-0.4, -0.2) is 90.7 Å². The molecule has 0 saturated carbocycles. The molecule has 0 radical (unpaired) electrons. The molecule has 14 heteroatoms. The minimum Gasteiger partial charge on any atom is -0.344 e. The van der Waals surface area contributed by atoms with Crippen LogP contribution < -0.4 is 27.8 Å². The number of fused-ring (bicyclic) bond motifs is 1. The molecule has 0 aliphatic carbocycles. The van der Waals surface area contributed by atoms with Gasteiger partial charge >= 0.3 is 6.18 Å². The van der Waals surface area contributed by atoms with Crippen molar-refractivity contribution < 1.29 is 32.0 Å². The number of carbonyl (C=O) groups is 3. The quantitative estimate of drug-likeness (QED) is 0.0886. The molecule has 0 spiro atoms. The van der Waals surface area contributed by atoms with E-state index in [0.29, 0.717) is 54.8 Å². The Bertz CT molecular complexity index is 1480. The second-order valence-electron chi connectivity index (χ2n) is 12.0. The standard InChI is InChI=1S/C33H44F3N7O3S/c1-43(15-12-37,16-13-38)14-4-7-28(41-31(45)26(39)21-47)32(46)42-29(18-22-8-10-25(11-9-22)33(34,35)36)30(44)19-23-17-24-5-2-3-6-27(24)40-20-23/h2-3,5-6,8-11,17,20,26,28-29H,4,7,12-16,18-19,21,37-39H2,1H3,(H2-,41,42,45,46,47)/p+1/t26-,28+,29-/m1/s1. The maximum Gasteiger partial charge on any atom is 0.416 e. The number of thiol groups is 1. The Labute approximate surface area is 278 Å². The molecule has 1 aromatic heterocycles. The number of nitrogens with two attached hydrogens (primary N) is 3. The summed E-state index contributed by atoms with van der Waals surface area (Å²) in [5.41, 5.74) is 18.4. The molecule has 0 bridgehead atoms. The van der Waals surface area contributed by atoms with E-state index < -0.39 is 41.7 Å². The number of rotatable bonds is 18. The van der Waals surface area contributed by atoms with Gasteiger partial charge in [0.2, 0.25) is 11.8 Å². The number of alkyl halides is 3. The van der Waals surface area contributed by atoms with Crippen LogP contribution in [-0.2, 0) is 33.4 Å². The summed E-state index contributed by atoms with van der Waals surface area (Å²) in [6.07, 6.45) is -2.34. The molecule has 0 fully saturated rings. The summed E-state index contributed by atoms with van der Waals surface area (Å²) in [5, 5.41) is 6.30. The maximum absolute atomic E-state index is 13.8. The lowest BCUT2D eigenvalue weighted by molar-refractivity contribution is -0.907. The van der Waals surface area contributed by atoms with Gasteiger partial charge in [-0.3, -0.25) is 19.4 Å². The fourth-order valence-corrected chi connectivity index (χ4v) is 5.55. The average Bonchev–Trinajstić information content (AvgIpc) is 3.03. The van der Waals surface area contributed by atoms with E-state index in [2.05, 4.69) is 28.2 Å². The van der Waals surface area contributed by atoms with Gasteiger partial charge in [0.25, 0.3) is 0 Å². The van der Waals surface area contributed by atoms with Crippen molar-refractivity contribution in [1.29, 1.82) is 0 Å². The second kappa shape index (κ2) is 17.6. The summed E-state index contributed by atoms with van der Waals surface area (Å²) in [6.45, 7) is 2.90. The van der Waals surface area contributed by atoms with Gasteiger partial charge in [0, 0.05) is 36.8 Å². The first-order valence-electron chi connectivity index (χ1n) is 15.5. The van der Waals surface area contributed by atoms with Crippen molar-refractivity contribution in [3.05, 3.63) is 77.5 Å². The van der Waals surface area contributed by atoms with Crippen LogP contribution >= 0.6 is 12.6 Å². The van der Waals surface area contributed by atoms with E-state index in [0.717, 1.165) is 23.0 Å². The van der Waals surface area contributed by atoms with Crippen molar-refractivity contribution in [2.75, 3.05) is 45.5 Å². The number of hydrogen-bond acceptors (Lipinski definition) is 8. The van der Waals surface area contributed by atoms with Gasteiger partial charge < -0.3 is 32.3 Å². The number of hydrogen-bond donors (Lipinski definition) is 6. The third kappa shape index (κ3) is 11.6. The third-order valence-electron chi connectivity index (χ3n) is 8.15. The molecule has 3 aromatic rings. The largest absolute Gasteiger partial charge is 0.416 e. The van der Waals surface area contributed by atoms with Crippen LogP contribution in [0, 0.1) is 0 Å². The number of pyridine rings is 1. The van der Waals surface area contributed by atoms with E-state index in [-0.39, 0.29) is 30.8 Å². The molecule has 0 unspecified atom stereocenters. The lowest BCUT2D eigenvalue weighted by Crippen LogP contribution is -2.56. The fraction of sp³-hybridized carbons (Fsp3) is 0.455. The minimum atomic E-state index is -4.52. The van der Waals surface area contributed by atoms with Crippen LogP contribution in [0.5, 0.6) is 0 Å². The number of aromatic nitrogens is 1. The number of quaternary nitrogens is 1. The number of para-hydroxylation sites is 1. The molecular formula is C33H45F3N7O3S+. The van der Waals surface area contributed by atoms with Gasteiger partial charge in [0.1, 0.15) is 6.04 Å². The molecule has 2 amide bonds. The smallest absolute Gasteiger partial charge is 0.344 e. The number of nitrogens with one attached hydrogen (secondary N) is 2. The van der Waals surface area contributed by atoms with Gasteiger partial charge in [-0.15, -0.1) is 0 Å². The molecular weight excluding hydrogens is 631 g/mol. The summed E-state index contributed by atoms with van der Waals surface area (Å²) >= 11 is 4.08. The van der Waals surface area contributed by atoms with Crippen molar-refractivity contribution in [2.24, 2.45) is 17.2 Å². The molecule has 0 aliphatic rings. The van der Waals surface area contributed by atoms with Gasteiger partial charge in [-0.25, -0.2) is 0 Å². The van der Waals surface area contributed by atoms with E-state index in [1.807, 2.05) is 37.4 Å². The first kappa shape index (κ1) is 37.9. The zero-order chi connectivity index (χ0) is 34.6. The van der Waals surface area contributed by atoms with Gasteiger partial charge in [-0.05, 0) is 54.7 Å². The van der Waals surface area contributed by atoms with Crippen molar-refractivity contribution in [1.82, 2.24) is 15.6 Å². The Balaban J connectivity index is 1.86. The summed E-state index contributed by atoms with van der Waals surface area (Å²) < 4.78 is 40.2. The average molecular weight is 677 g/mol. The summed E-state index contributed by atoms with van der Waals surface area (Å²) in [5.74, 6) is -1.51. The first-order chi connectivity index (χ1) is 22.3. The second-order valence-corrected chi connectivity index (χ2v) is 12.4. The van der Waals surface area contributed by atoms with E-state index in [1.165, 1.54) is 12.1 Å². The van der Waals surface area contributed by atoms with Crippen LogP contribution in [0.3, 0.4) is 0 Å². The predicted molar refractivity (Wildman–Crippen MR) is 179 cm³/mol. The molecule has 0 aliphatic heterocycles. The normalized spacial score (nSPS) is 14.0. The molecule has 47 heavy (non-hydrogen) atoms. The molecule has 8 N–H and O–H groups in total. The summed E-state index contributed by atoms with van der Waals surface area (Å²) in [7, 11) is 2.02. The van der Waals surface area contributed by atoms with Crippen LogP contribution in [0.4, 0.5) is 13.2 Å². The van der Waals surface area contributed by atoms with Crippen LogP contribution in [0.2, 0.25) is 0 Å². The van der Waals surface area contributed by atoms with E-state index in [4.69, 9.17) is 17.2 Å². The Hall–Kier alpha value is -3.56. The number of carbonyl (C=O) groups excluding carboxylic acids is 3. The van der Waals surface area contributed by atoms with Crippen LogP contribution in [0.15, 0.2) is 60.8 Å². The van der Waals surface area contributed by atoms with Crippen molar-refractivity contribution >= 4 is 41.1 Å². The van der Waals surface area contributed by atoms with Crippen molar-refractivity contribution in [3.8, 4) is 0 Å². The van der Waals surface area contributed by atoms with Gasteiger partial charge in [-0.2, -0.15) is 25.8 Å². The highest BCUT2D eigenvalue weighted by molar-refractivity contribution is 7.80. The number of ketones is 1. The lowest BCUT2D eigenvalue weighted by atomic mass is 9.96. The highest BCUT2D eigenvalue weighted by Crippen LogP contribution is 2.29. The minimum absolute atomic E-state index is 0.0525. The van der Waals surface area contributed by atoms with Gasteiger partial charge in [0.15, 0.2) is 5.78 Å². The fourth-order valence-electron chi connectivity index (χ4n) is 5.39. The van der Waals surface area contributed by atoms with Gasteiger partial charge in [-0.1, -0.05) is 30.3 Å². The zero-order valence-electron chi connectivity index (χ0n) is 26.5. The number of likely N-dealkylation sites (N-methyl/N-ethyl adjacent to an activating group) is 1. The maximum atomic E-state index is 13.8. The van der Waals surface area contributed by atoms with Gasteiger partial charge in [0.05, 0.1) is 49.8 Å². The molecule has 256 valence electrons. The predicted octanol–water partition coefficient (Wildman–Crippen LogP) is 1.98. The lowest BCUT2D eigenvalue weighted by Gasteiger charge is -2.34. The molecule has 2 aromatic carbocycles. The SMILES string of the molecule is C[N+](CCN)(CCN)CCC[C@H](NC(=O)[C@H](N)CS)C(=O)N[C@H](Cc1ccc(C(F)(F)F)cc1)C(=O)Cc1cnc2ccccc2c1. The Morgan fingerprint density at radius 3 is 2.17 bits per heavy atom. The third-order valence-corrected chi connectivity index (χ3v) is 8.54. The monoisotopic (exact) mass is 676 g/mol.